The summed E-state index contributed by atoms with van der Waals surface area (Å²) in [5.41, 5.74) is 1.65. The second kappa shape index (κ2) is 8.97. The summed E-state index contributed by atoms with van der Waals surface area (Å²) in [6, 6.07) is 12.5. The van der Waals surface area contributed by atoms with Crippen LogP contribution in [-0.4, -0.2) is 17.7 Å². The van der Waals surface area contributed by atoms with Gasteiger partial charge in [-0.3, -0.25) is 19.7 Å². The minimum Gasteiger partial charge on any atom is -0.326 e. The fourth-order valence-electron chi connectivity index (χ4n) is 3.63. The first-order valence-electron chi connectivity index (χ1n) is 9.52. The van der Waals surface area contributed by atoms with Gasteiger partial charge in [0.1, 0.15) is 0 Å². The number of carbonyl (C=O) groups excluding carboxylic acids is 3. The molecule has 1 aliphatic rings. The van der Waals surface area contributed by atoms with Gasteiger partial charge in [0, 0.05) is 28.6 Å². The number of aryl methyl sites for hydroxylation is 1. The van der Waals surface area contributed by atoms with Gasteiger partial charge in [-0.2, -0.15) is 0 Å². The van der Waals surface area contributed by atoms with Crippen molar-refractivity contribution in [3.8, 4) is 0 Å². The van der Waals surface area contributed by atoms with Crippen molar-refractivity contribution < 1.29 is 14.4 Å². The fraction of sp³-hybridized carbons (Fsp3) is 0.318. The van der Waals surface area contributed by atoms with Crippen LogP contribution in [0.25, 0.3) is 0 Å². The van der Waals surface area contributed by atoms with Gasteiger partial charge in [0.2, 0.25) is 17.7 Å². The summed E-state index contributed by atoms with van der Waals surface area (Å²) in [5.74, 6) is -0.619. The third-order valence-electron chi connectivity index (χ3n) is 5.43. The van der Waals surface area contributed by atoms with Gasteiger partial charge in [-0.15, -0.1) is 0 Å². The predicted octanol–water partition coefficient (Wildman–Crippen LogP) is 4.65. The zero-order chi connectivity index (χ0) is 21.0. The molecule has 0 aliphatic carbocycles. The number of hydrogen-bond acceptors (Lipinski definition) is 3. The molecule has 0 aromatic heterocycles. The van der Waals surface area contributed by atoms with Crippen molar-refractivity contribution in [1.82, 2.24) is 5.32 Å². The fourth-order valence-corrected chi connectivity index (χ4v) is 4.14. The predicted molar refractivity (Wildman–Crippen MR) is 114 cm³/mol. The number of halogens is 2. The molecule has 0 bridgehead atoms. The van der Waals surface area contributed by atoms with Crippen molar-refractivity contribution in [1.29, 1.82) is 0 Å². The van der Waals surface area contributed by atoms with Gasteiger partial charge in [0.25, 0.3) is 0 Å². The molecule has 152 valence electrons. The molecular formula is C22H22Cl2N2O3. The van der Waals surface area contributed by atoms with Crippen LogP contribution < -0.4 is 10.6 Å². The molecule has 1 aliphatic heterocycles. The van der Waals surface area contributed by atoms with E-state index in [1.807, 2.05) is 25.1 Å². The van der Waals surface area contributed by atoms with Gasteiger partial charge >= 0.3 is 0 Å². The van der Waals surface area contributed by atoms with Gasteiger partial charge in [-0.05, 0) is 54.7 Å². The van der Waals surface area contributed by atoms with Crippen molar-refractivity contribution in [2.24, 2.45) is 0 Å². The minimum absolute atomic E-state index is 0.130. The average molecular weight is 433 g/mol. The van der Waals surface area contributed by atoms with Crippen LogP contribution in [0.3, 0.4) is 0 Å². The molecule has 1 fully saturated rings. The van der Waals surface area contributed by atoms with Crippen LogP contribution in [-0.2, 0) is 26.2 Å². The second-order valence-corrected chi connectivity index (χ2v) is 8.02. The Labute approximate surface area is 179 Å². The topological polar surface area (TPSA) is 75.3 Å². The van der Waals surface area contributed by atoms with E-state index in [1.165, 1.54) is 0 Å². The average Bonchev–Trinajstić information content (AvgIpc) is 2.69. The number of piperidine rings is 1. The molecule has 0 radical (unpaired) electrons. The molecule has 1 saturated heterocycles. The number of benzene rings is 2. The standard InChI is InChI=1S/C22H22Cl2N2O3/c1-2-22(12-11-20(28)26-21(22)29)15-5-8-17(9-6-15)25-19(27)10-4-14-3-7-16(23)13-18(14)24/h3,5-9,13H,2,4,10-12H2,1H3,(H,25,27)(H,26,28,29). The molecule has 2 aromatic rings. The number of rotatable bonds is 6. The maximum absolute atomic E-state index is 12.5. The lowest BCUT2D eigenvalue weighted by atomic mass is 9.72. The number of carbonyl (C=O) groups is 3. The second-order valence-electron chi connectivity index (χ2n) is 7.17. The Morgan fingerprint density at radius 3 is 2.48 bits per heavy atom. The monoisotopic (exact) mass is 432 g/mol. The maximum Gasteiger partial charge on any atom is 0.237 e. The molecule has 5 nitrogen and oxygen atoms in total. The number of amides is 3. The van der Waals surface area contributed by atoms with Crippen LogP contribution in [0.15, 0.2) is 42.5 Å². The summed E-state index contributed by atoms with van der Waals surface area (Å²) in [5, 5.41) is 6.40. The highest BCUT2D eigenvalue weighted by atomic mass is 35.5. The number of nitrogens with one attached hydrogen (secondary N) is 2. The SMILES string of the molecule is CCC1(c2ccc(NC(=O)CCc3ccc(Cl)cc3Cl)cc2)CCC(=O)NC1=O. The number of anilines is 1. The van der Waals surface area contributed by atoms with Crippen LogP contribution in [0, 0.1) is 0 Å². The van der Waals surface area contributed by atoms with Gasteiger partial charge in [-0.25, -0.2) is 0 Å². The highest BCUT2D eigenvalue weighted by Gasteiger charge is 2.42. The Kier molecular flexibility index (Phi) is 6.60. The van der Waals surface area contributed by atoms with E-state index in [-0.39, 0.29) is 24.1 Å². The Morgan fingerprint density at radius 2 is 1.86 bits per heavy atom. The van der Waals surface area contributed by atoms with E-state index in [9.17, 15) is 14.4 Å². The number of imide groups is 1. The van der Waals surface area contributed by atoms with Crippen molar-refractivity contribution in [2.75, 3.05) is 5.32 Å². The molecular weight excluding hydrogens is 411 g/mol. The highest BCUT2D eigenvalue weighted by molar-refractivity contribution is 6.35. The summed E-state index contributed by atoms with van der Waals surface area (Å²) in [6.45, 7) is 1.94. The summed E-state index contributed by atoms with van der Waals surface area (Å²) < 4.78 is 0. The number of hydrogen-bond donors (Lipinski definition) is 2. The third-order valence-corrected chi connectivity index (χ3v) is 6.01. The molecule has 7 heteroatoms. The zero-order valence-electron chi connectivity index (χ0n) is 16.1. The summed E-state index contributed by atoms with van der Waals surface area (Å²) in [4.78, 5) is 36.2. The molecule has 1 unspecified atom stereocenters. The van der Waals surface area contributed by atoms with Gasteiger partial charge in [-0.1, -0.05) is 48.3 Å². The van der Waals surface area contributed by atoms with Crippen LogP contribution in [0.1, 0.15) is 43.7 Å². The zero-order valence-corrected chi connectivity index (χ0v) is 17.6. The molecule has 2 N–H and O–H groups in total. The molecule has 29 heavy (non-hydrogen) atoms. The highest BCUT2D eigenvalue weighted by Crippen LogP contribution is 2.36. The van der Waals surface area contributed by atoms with Crippen molar-refractivity contribution >= 4 is 46.6 Å². The lowest BCUT2D eigenvalue weighted by molar-refractivity contribution is -0.138. The van der Waals surface area contributed by atoms with E-state index in [4.69, 9.17) is 23.2 Å². The van der Waals surface area contributed by atoms with Gasteiger partial charge in [0.05, 0.1) is 5.41 Å². The van der Waals surface area contributed by atoms with Crippen LogP contribution in [0.5, 0.6) is 0 Å². The summed E-state index contributed by atoms with van der Waals surface area (Å²) in [6.07, 6.45) is 2.20. The largest absolute Gasteiger partial charge is 0.326 e. The van der Waals surface area contributed by atoms with E-state index >= 15 is 0 Å². The van der Waals surface area contributed by atoms with E-state index in [0.717, 1.165) is 11.1 Å². The van der Waals surface area contributed by atoms with Crippen LogP contribution in [0.4, 0.5) is 5.69 Å². The third kappa shape index (κ3) is 4.80. The van der Waals surface area contributed by atoms with Gasteiger partial charge in [0.15, 0.2) is 0 Å². The van der Waals surface area contributed by atoms with E-state index in [1.54, 1.807) is 24.3 Å². The quantitative estimate of drug-likeness (QED) is 0.652. The maximum atomic E-state index is 12.5. The van der Waals surface area contributed by atoms with Gasteiger partial charge < -0.3 is 5.32 Å². The summed E-state index contributed by atoms with van der Waals surface area (Å²) in [7, 11) is 0. The minimum atomic E-state index is -0.707. The molecule has 3 amide bonds. The van der Waals surface area contributed by atoms with E-state index < -0.39 is 5.41 Å². The molecule has 3 rings (SSSR count). The van der Waals surface area contributed by atoms with Crippen molar-refractivity contribution in [2.45, 2.75) is 44.4 Å². The normalized spacial score (nSPS) is 19.0. The Balaban J connectivity index is 1.63. The van der Waals surface area contributed by atoms with E-state index in [2.05, 4.69) is 10.6 Å². The molecule has 1 atom stereocenters. The Morgan fingerprint density at radius 1 is 1.14 bits per heavy atom. The lowest BCUT2D eigenvalue weighted by Crippen LogP contribution is -2.51. The Hall–Kier alpha value is -2.37. The first-order chi connectivity index (χ1) is 13.8. The Bertz CT molecular complexity index is 944. The van der Waals surface area contributed by atoms with Crippen LogP contribution in [0.2, 0.25) is 10.0 Å². The van der Waals surface area contributed by atoms with Crippen molar-refractivity contribution in [3.63, 3.8) is 0 Å². The first-order valence-corrected chi connectivity index (χ1v) is 10.3. The molecule has 0 saturated carbocycles. The lowest BCUT2D eigenvalue weighted by Gasteiger charge is -2.35. The molecule has 1 heterocycles. The summed E-state index contributed by atoms with van der Waals surface area (Å²) >= 11 is 12.0. The van der Waals surface area contributed by atoms with Crippen LogP contribution >= 0.6 is 23.2 Å². The van der Waals surface area contributed by atoms with E-state index in [0.29, 0.717) is 41.4 Å². The first kappa shape index (κ1) is 21.3. The molecule has 2 aromatic carbocycles. The smallest absolute Gasteiger partial charge is 0.237 e. The molecule has 0 spiro atoms. The van der Waals surface area contributed by atoms with Crippen molar-refractivity contribution in [3.05, 3.63) is 63.6 Å².